The number of benzene rings is 1. The van der Waals surface area contributed by atoms with Crippen LogP contribution in [-0.4, -0.2) is 20.3 Å². The molecule has 30 heavy (non-hydrogen) atoms. The molecular formula is C22H21BrF3N3O. The van der Waals surface area contributed by atoms with Crippen LogP contribution in [0.25, 0.3) is 26.9 Å². The molecule has 0 amide bonds. The van der Waals surface area contributed by atoms with Gasteiger partial charge in [-0.25, -0.2) is 9.78 Å². The highest BCUT2D eigenvalue weighted by molar-refractivity contribution is 9.15. The molecule has 0 spiro atoms. The van der Waals surface area contributed by atoms with E-state index in [1.807, 2.05) is 12.1 Å². The summed E-state index contributed by atoms with van der Waals surface area (Å²) in [4.78, 5) is 17.4. The van der Waals surface area contributed by atoms with Gasteiger partial charge in [-0.3, -0.25) is 9.13 Å². The number of halogens is 4. The maximum absolute atomic E-state index is 12.9. The van der Waals surface area contributed by atoms with Crippen molar-refractivity contribution >= 4 is 31.6 Å². The predicted molar refractivity (Wildman–Crippen MR) is 115 cm³/mol. The Morgan fingerprint density at radius 2 is 1.90 bits per heavy atom. The minimum Gasteiger partial charge on any atom is -0.290 e. The average Bonchev–Trinajstić information content (AvgIpc) is 3.12. The van der Waals surface area contributed by atoms with Crippen LogP contribution in [0.1, 0.15) is 31.4 Å². The molecule has 0 bridgehead atoms. The van der Waals surface area contributed by atoms with Gasteiger partial charge < -0.3 is 0 Å². The highest BCUT2D eigenvalue weighted by atomic mass is 79.9. The van der Waals surface area contributed by atoms with Crippen LogP contribution in [0.5, 0.6) is 0 Å². The number of allylic oxidation sites excluding steroid dienone is 1. The summed E-state index contributed by atoms with van der Waals surface area (Å²) in [7, 11) is 1.59. The Morgan fingerprint density at radius 3 is 2.60 bits per heavy atom. The van der Waals surface area contributed by atoms with E-state index in [2.05, 4.69) is 39.1 Å². The maximum Gasteiger partial charge on any atom is 0.389 e. The highest BCUT2D eigenvalue weighted by Crippen LogP contribution is 2.36. The first-order valence-corrected chi connectivity index (χ1v) is 10.4. The molecule has 4 nitrogen and oxygen atoms in total. The van der Waals surface area contributed by atoms with Gasteiger partial charge in [0.15, 0.2) is 5.65 Å². The third-order valence-electron chi connectivity index (χ3n) is 5.41. The molecule has 1 aliphatic rings. The second-order valence-electron chi connectivity index (χ2n) is 8.55. The van der Waals surface area contributed by atoms with E-state index in [0.29, 0.717) is 16.9 Å². The number of hydrogen-bond acceptors (Lipinski definition) is 2. The fraction of sp³-hybridized carbons (Fsp3) is 0.364. The number of aryl methyl sites for hydroxylation is 1. The van der Waals surface area contributed by atoms with Crippen LogP contribution in [-0.2, 0) is 20.0 Å². The Labute approximate surface area is 180 Å². The van der Waals surface area contributed by atoms with E-state index in [1.54, 1.807) is 13.1 Å². The highest BCUT2D eigenvalue weighted by Gasteiger charge is 2.37. The molecule has 0 unspecified atom stereocenters. The molecule has 158 valence electrons. The Bertz CT molecular complexity index is 1230. The summed E-state index contributed by atoms with van der Waals surface area (Å²) in [5.41, 5.74) is 3.48. The lowest BCUT2D eigenvalue weighted by molar-refractivity contribution is -0.155. The van der Waals surface area contributed by atoms with Crippen LogP contribution >= 0.6 is 15.9 Å². The average molecular weight is 480 g/mol. The van der Waals surface area contributed by atoms with Crippen molar-refractivity contribution in [1.29, 1.82) is 0 Å². The van der Waals surface area contributed by atoms with Crippen LogP contribution in [0.4, 0.5) is 13.2 Å². The first-order valence-electron chi connectivity index (χ1n) is 9.57. The molecule has 1 aromatic carbocycles. The molecule has 8 heteroatoms. The summed E-state index contributed by atoms with van der Waals surface area (Å²) in [6.07, 6.45) is -2.27. The Balaban J connectivity index is 1.75. The van der Waals surface area contributed by atoms with E-state index in [1.165, 1.54) is 28.5 Å². The normalized spacial score (nSPS) is 14.3. The third-order valence-corrected chi connectivity index (χ3v) is 6.16. The minimum atomic E-state index is -4.29. The zero-order valence-corrected chi connectivity index (χ0v) is 18.4. The number of hydrogen-bond donors (Lipinski definition) is 0. The van der Waals surface area contributed by atoms with Crippen molar-refractivity contribution in [3.63, 3.8) is 0 Å². The second kappa shape index (κ2) is 7.11. The molecule has 2 aromatic heterocycles. The van der Waals surface area contributed by atoms with Crippen molar-refractivity contribution in [2.45, 2.75) is 39.4 Å². The molecule has 1 aliphatic carbocycles. The third kappa shape index (κ3) is 3.85. The largest absolute Gasteiger partial charge is 0.389 e. The van der Waals surface area contributed by atoms with Crippen molar-refractivity contribution in [3.05, 3.63) is 58.0 Å². The van der Waals surface area contributed by atoms with E-state index in [9.17, 15) is 18.0 Å². The first kappa shape index (κ1) is 20.9. The smallest absolute Gasteiger partial charge is 0.290 e. The van der Waals surface area contributed by atoms with E-state index in [0.717, 1.165) is 22.0 Å². The van der Waals surface area contributed by atoms with Gasteiger partial charge in [-0.1, -0.05) is 48.0 Å². The summed E-state index contributed by atoms with van der Waals surface area (Å²) in [6.45, 7) is 2.99. The molecule has 0 radical (unpaired) electrons. The molecule has 0 saturated heterocycles. The number of alkyl halides is 3. The molecule has 4 rings (SSSR count). The van der Waals surface area contributed by atoms with Crippen molar-refractivity contribution < 1.29 is 13.2 Å². The lowest BCUT2D eigenvalue weighted by Crippen LogP contribution is -2.32. The summed E-state index contributed by atoms with van der Waals surface area (Å²) in [5, 5.41) is 0. The Kier molecular flexibility index (Phi) is 4.96. The molecular weight excluding hydrogens is 459 g/mol. The number of nitrogens with zero attached hydrogens (tertiary/aromatic N) is 3. The second-order valence-corrected chi connectivity index (χ2v) is 9.41. The summed E-state index contributed by atoms with van der Waals surface area (Å²) >= 11 is 3.57. The zero-order valence-electron chi connectivity index (χ0n) is 16.8. The van der Waals surface area contributed by atoms with Crippen LogP contribution in [0.2, 0.25) is 0 Å². The van der Waals surface area contributed by atoms with Crippen LogP contribution < -0.4 is 5.69 Å². The topological polar surface area (TPSA) is 39.8 Å². The number of imidazole rings is 1. The van der Waals surface area contributed by atoms with Gasteiger partial charge in [-0.05, 0) is 41.2 Å². The van der Waals surface area contributed by atoms with Gasteiger partial charge in [0.25, 0.3) is 0 Å². The van der Waals surface area contributed by atoms with E-state index < -0.39 is 18.0 Å². The van der Waals surface area contributed by atoms with Gasteiger partial charge in [0, 0.05) is 23.6 Å². The van der Waals surface area contributed by atoms with E-state index in [4.69, 9.17) is 0 Å². The van der Waals surface area contributed by atoms with Crippen molar-refractivity contribution in [2.75, 3.05) is 0 Å². The maximum atomic E-state index is 12.9. The van der Waals surface area contributed by atoms with Gasteiger partial charge in [0.05, 0.1) is 17.6 Å². The quantitative estimate of drug-likeness (QED) is 0.483. The molecule has 0 atom stereocenters. The predicted octanol–water partition coefficient (Wildman–Crippen LogP) is 5.67. The number of pyridine rings is 1. The van der Waals surface area contributed by atoms with Gasteiger partial charge in [-0.15, -0.1) is 0 Å². The molecule has 2 heterocycles. The molecule has 0 aliphatic heterocycles. The van der Waals surface area contributed by atoms with Gasteiger partial charge in [0.2, 0.25) is 0 Å². The fourth-order valence-corrected chi connectivity index (χ4v) is 4.59. The molecule has 0 saturated carbocycles. The Morgan fingerprint density at radius 1 is 1.17 bits per heavy atom. The number of rotatable bonds is 4. The fourth-order valence-electron chi connectivity index (χ4n) is 4.06. The monoisotopic (exact) mass is 479 g/mol. The lowest BCUT2D eigenvalue weighted by atomic mass is 9.89. The van der Waals surface area contributed by atoms with Crippen LogP contribution in [0.15, 0.2) is 41.2 Å². The van der Waals surface area contributed by atoms with E-state index >= 15 is 0 Å². The van der Waals surface area contributed by atoms with Crippen molar-refractivity contribution in [3.8, 4) is 11.3 Å². The van der Waals surface area contributed by atoms with E-state index in [-0.39, 0.29) is 12.2 Å². The lowest BCUT2D eigenvalue weighted by Gasteiger charge is -2.26. The molecule has 0 N–H and O–H groups in total. The summed E-state index contributed by atoms with van der Waals surface area (Å²) in [5.74, 6) is 0. The first-order chi connectivity index (χ1) is 14.0. The minimum absolute atomic E-state index is 0.0414. The zero-order chi connectivity index (χ0) is 21.8. The number of aromatic nitrogens is 3. The summed E-state index contributed by atoms with van der Waals surface area (Å²) in [6, 6.07) is 9.68. The van der Waals surface area contributed by atoms with Crippen LogP contribution in [0, 0.1) is 5.41 Å². The standard InChI is InChI=1S/C22H21BrF3N3O/c1-21(2,11-22(24,25)26)12-29-18-9-8-17(27-19(18)28(3)20(29)30)14-5-4-13-6-7-16(23)15(13)10-14/h4-5,7-10H,6,11-12H2,1-3H3. The van der Waals surface area contributed by atoms with Crippen molar-refractivity contribution in [2.24, 2.45) is 12.5 Å². The SMILES string of the molecule is Cn1c(=O)n(CC(C)(C)CC(F)(F)F)c2ccc(-c3ccc4c(c3)C(Br)=CC4)nc21. The summed E-state index contributed by atoms with van der Waals surface area (Å²) < 4.78 is 42.6. The van der Waals surface area contributed by atoms with Gasteiger partial charge in [0.1, 0.15) is 0 Å². The van der Waals surface area contributed by atoms with Crippen LogP contribution in [0.3, 0.4) is 0 Å². The van der Waals surface area contributed by atoms with Gasteiger partial charge >= 0.3 is 11.9 Å². The number of fused-ring (bicyclic) bond motifs is 2. The molecule has 0 fully saturated rings. The van der Waals surface area contributed by atoms with Gasteiger partial charge in [-0.2, -0.15) is 13.2 Å². The Hall–Kier alpha value is -2.35. The molecule has 3 aromatic rings. The van der Waals surface area contributed by atoms with Crippen molar-refractivity contribution in [1.82, 2.24) is 14.1 Å².